The van der Waals surface area contributed by atoms with Gasteiger partial charge in [0.2, 0.25) is 11.9 Å². The minimum Gasteiger partial charge on any atom is -0.392 e. The van der Waals surface area contributed by atoms with Gasteiger partial charge in [-0.25, -0.2) is 4.39 Å². The van der Waals surface area contributed by atoms with Crippen LogP contribution in [0.3, 0.4) is 0 Å². The van der Waals surface area contributed by atoms with E-state index in [1.165, 1.54) is 18.2 Å². The Hall–Kier alpha value is -3.06. The van der Waals surface area contributed by atoms with Gasteiger partial charge in [0.1, 0.15) is 5.82 Å². The average molecular weight is 325 g/mol. The highest BCUT2D eigenvalue weighted by Crippen LogP contribution is 2.23. The molecule has 0 amide bonds. The van der Waals surface area contributed by atoms with E-state index in [1.54, 1.807) is 0 Å². The average Bonchev–Trinajstić information content (AvgIpc) is 2.60. The molecule has 0 unspecified atom stereocenters. The number of benzene rings is 2. The van der Waals surface area contributed by atoms with Crippen molar-refractivity contribution in [1.82, 2.24) is 15.0 Å². The molecule has 0 aliphatic heterocycles. The van der Waals surface area contributed by atoms with Gasteiger partial charge in [0.15, 0.2) is 5.82 Å². The SMILES string of the molecule is Nc1nc(NCc2ccccc2)nc(-c2cc(F)ccc2CO)n1. The molecule has 3 rings (SSSR count). The summed E-state index contributed by atoms with van der Waals surface area (Å²) in [6.07, 6.45) is 0. The fraction of sp³-hybridized carbons (Fsp3) is 0.118. The second-order valence-corrected chi connectivity index (χ2v) is 5.14. The molecule has 7 heteroatoms. The predicted octanol–water partition coefficient (Wildman–Crippen LogP) is 2.36. The van der Waals surface area contributed by atoms with Crippen LogP contribution in [0.25, 0.3) is 11.4 Å². The first-order chi connectivity index (χ1) is 11.7. The van der Waals surface area contributed by atoms with Gasteiger partial charge in [0.05, 0.1) is 6.61 Å². The van der Waals surface area contributed by atoms with Crippen LogP contribution in [0.1, 0.15) is 11.1 Å². The van der Waals surface area contributed by atoms with Crippen molar-refractivity contribution >= 4 is 11.9 Å². The van der Waals surface area contributed by atoms with E-state index in [2.05, 4.69) is 20.3 Å². The Kier molecular flexibility index (Phi) is 4.62. The summed E-state index contributed by atoms with van der Waals surface area (Å²) in [5.41, 5.74) is 7.69. The number of rotatable bonds is 5. The molecule has 0 bridgehead atoms. The van der Waals surface area contributed by atoms with Crippen molar-refractivity contribution < 1.29 is 9.50 Å². The topological polar surface area (TPSA) is 97.0 Å². The quantitative estimate of drug-likeness (QED) is 0.666. The molecule has 24 heavy (non-hydrogen) atoms. The largest absolute Gasteiger partial charge is 0.392 e. The van der Waals surface area contributed by atoms with Gasteiger partial charge in [0, 0.05) is 12.1 Å². The second-order valence-electron chi connectivity index (χ2n) is 5.14. The standard InChI is InChI=1S/C17H16FN5O/c18-13-7-6-12(10-24)14(8-13)15-21-16(19)23-17(22-15)20-9-11-4-2-1-3-5-11/h1-8,24H,9-10H2,(H3,19,20,21,22,23). The summed E-state index contributed by atoms with van der Waals surface area (Å²) in [6, 6.07) is 13.8. The minimum absolute atomic E-state index is 0.0173. The van der Waals surface area contributed by atoms with E-state index < -0.39 is 5.82 Å². The molecule has 1 heterocycles. The van der Waals surface area contributed by atoms with Crippen molar-refractivity contribution in [2.45, 2.75) is 13.2 Å². The molecule has 0 aliphatic carbocycles. The highest BCUT2D eigenvalue weighted by atomic mass is 19.1. The predicted molar refractivity (Wildman–Crippen MR) is 89.3 cm³/mol. The maximum absolute atomic E-state index is 13.5. The molecule has 3 aromatic rings. The third-order valence-electron chi connectivity index (χ3n) is 3.43. The molecule has 0 spiro atoms. The third-order valence-corrected chi connectivity index (χ3v) is 3.43. The Balaban J connectivity index is 1.90. The highest BCUT2D eigenvalue weighted by molar-refractivity contribution is 5.62. The molecule has 4 N–H and O–H groups in total. The van der Waals surface area contributed by atoms with Gasteiger partial charge in [-0.1, -0.05) is 36.4 Å². The molecule has 0 atom stereocenters. The van der Waals surface area contributed by atoms with Crippen LogP contribution in [0.15, 0.2) is 48.5 Å². The smallest absolute Gasteiger partial charge is 0.228 e. The Morgan fingerprint density at radius 2 is 1.83 bits per heavy atom. The van der Waals surface area contributed by atoms with Crippen LogP contribution in [0.2, 0.25) is 0 Å². The zero-order valence-electron chi connectivity index (χ0n) is 12.8. The van der Waals surface area contributed by atoms with Gasteiger partial charge >= 0.3 is 0 Å². The van der Waals surface area contributed by atoms with Crippen LogP contribution in [-0.4, -0.2) is 20.1 Å². The van der Waals surface area contributed by atoms with Gasteiger partial charge in [0.25, 0.3) is 0 Å². The van der Waals surface area contributed by atoms with E-state index in [1.807, 2.05) is 30.3 Å². The maximum Gasteiger partial charge on any atom is 0.228 e. The molecule has 0 aliphatic rings. The van der Waals surface area contributed by atoms with Crippen LogP contribution < -0.4 is 11.1 Å². The molecule has 0 fully saturated rings. The van der Waals surface area contributed by atoms with Crippen molar-refractivity contribution in [2.24, 2.45) is 0 Å². The van der Waals surface area contributed by atoms with Gasteiger partial charge in [-0.3, -0.25) is 0 Å². The lowest BCUT2D eigenvalue weighted by Crippen LogP contribution is -2.08. The molecule has 1 aromatic heterocycles. The second kappa shape index (κ2) is 7.01. The fourth-order valence-electron chi connectivity index (χ4n) is 2.26. The molecule has 6 nitrogen and oxygen atoms in total. The van der Waals surface area contributed by atoms with E-state index in [0.29, 0.717) is 17.7 Å². The first-order valence-corrected chi connectivity index (χ1v) is 7.34. The number of nitrogen functional groups attached to an aromatic ring is 1. The van der Waals surface area contributed by atoms with Gasteiger partial charge < -0.3 is 16.2 Å². The number of nitrogens with zero attached hydrogens (tertiary/aromatic N) is 3. The summed E-state index contributed by atoms with van der Waals surface area (Å²) in [4.78, 5) is 12.4. The van der Waals surface area contributed by atoms with Crippen LogP contribution >= 0.6 is 0 Å². The number of halogens is 1. The van der Waals surface area contributed by atoms with Gasteiger partial charge in [-0.2, -0.15) is 15.0 Å². The molecule has 122 valence electrons. The lowest BCUT2D eigenvalue weighted by molar-refractivity contribution is 0.282. The number of aromatic nitrogens is 3. The Morgan fingerprint density at radius 1 is 1.04 bits per heavy atom. The third kappa shape index (κ3) is 3.64. The van der Waals surface area contributed by atoms with E-state index >= 15 is 0 Å². The van der Waals surface area contributed by atoms with Crippen LogP contribution in [0.5, 0.6) is 0 Å². The van der Waals surface area contributed by atoms with Crippen molar-refractivity contribution in [3.63, 3.8) is 0 Å². The summed E-state index contributed by atoms with van der Waals surface area (Å²) >= 11 is 0. The van der Waals surface area contributed by atoms with Crippen molar-refractivity contribution in [3.8, 4) is 11.4 Å². The minimum atomic E-state index is -0.444. The number of anilines is 2. The number of nitrogens with two attached hydrogens (primary N) is 1. The van der Waals surface area contributed by atoms with Crippen LogP contribution in [-0.2, 0) is 13.2 Å². The fourth-order valence-corrected chi connectivity index (χ4v) is 2.26. The number of hydrogen-bond acceptors (Lipinski definition) is 6. The first-order valence-electron chi connectivity index (χ1n) is 7.34. The number of nitrogens with one attached hydrogen (secondary N) is 1. The lowest BCUT2D eigenvalue weighted by atomic mass is 10.1. The molecular weight excluding hydrogens is 309 g/mol. The molecule has 0 radical (unpaired) electrons. The van der Waals surface area contributed by atoms with Crippen molar-refractivity contribution in [3.05, 3.63) is 65.5 Å². The first kappa shape index (κ1) is 15.8. The normalized spacial score (nSPS) is 10.6. The Bertz CT molecular complexity index is 842. The summed E-state index contributed by atoms with van der Waals surface area (Å²) < 4.78 is 13.5. The van der Waals surface area contributed by atoms with Gasteiger partial charge in [-0.15, -0.1) is 0 Å². The number of hydrogen-bond donors (Lipinski definition) is 3. The van der Waals surface area contributed by atoms with E-state index in [-0.39, 0.29) is 24.3 Å². The molecule has 0 saturated heterocycles. The lowest BCUT2D eigenvalue weighted by Gasteiger charge is -2.10. The summed E-state index contributed by atoms with van der Waals surface area (Å²) in [7, 11) is 0. The molecule has 2 aromatic carbocycles. The van der Waals surface area contributed by atoms with Crippen molar-refractivity contribution in [2.75, 3.05) is 11.1 Å². The van der Waals surface area contributed by atoms with Crippen molar-refractivity contribution in [1.29, 1.82) is 0 Å². The molecular formula is C17H16FN5O. The van der Waals surface area contributed by atoms with E-state index in [0.717, 1.165) is 5.56 Å². The van der Waals surface area contributed by atoms with E-state index in [4.69, 9.17) is 5.73 Å². The van der Waals surface area contributed by atoms with Crippen LogP contribution in [0, 0.1) is 5.82 Å². The summed E-state index contributed by atoms with van der Waals surface area (Å²) in [5.74, 6) is 0.0693. The maximum atomic E-state index is 13.5. The summed E-state index contributed by atoms with van der Waals surface area (Å²) in [5, 5.41) is 12.5. The zero-order valence-corrected chi connectivity index (χ0v) is 12.8. The Labute approximate surface area is 138 Å². The monoisotopic (exact) mass is 325 g/mol. The Morgan fingerprint density at radius 3 is 2.58 bits per heavy atom. The van der Waals surface area contributed by atoms with Gasteiger partial charge in [-0.05, 0) is 23.3 Å². The summed E-state index contributed by atoms with van der Waals surface area (Å²) in [6.45, 7) is 0.258. The number of aliphatic hydroxyl groups is 1. The zero-order chi connectivity index (χ0) is 16.9. The van der Waals surface area contributed by atoms with E-state index in [9.17, 15) is 9.50 Å². The van der Waals surface area contributed by atoms with Crippen LogP contribution in [0.4, 0.5) is 16.3 Å². The molecule has 0 saturated carbocycles. The highest BCUT2D eigenvalue weighted by Gasteiger charge is 2.12. The number of aliphatic hydroxyl groups excluding tert-OH is 1.